The van der Waals surface area contributed by atoms with Crippen LogP contribution in [0.25, 0.3) is 82.1 Å². The molecule has 48 heavy (non-hydrogen) atoms. The van der Waals surface area contributed by atoms with Gasteiger partial charge in [-0.25, -0.2) is 4.85 Å². The van der Waals surface area contributed by atoms with Gasteiger partial charge in [0.15, 0.2) is 0 Å². The molecule has 7 aromatic carbocycles. The van der Waals surface area contributed by atoms with Gasteiger partial charge in [0.05, 0.1) is 46.0 Å². The lowest BCUT2D eigenvalue weighted by molar-refractivity contribution is 1.18. The molecule has 2 aromatic heterocycles. The fourth-order valence-electron chi connectivity index (χ4n) is 7.36. The van der Waals surface area contributed by atoms with Crippen LogP contribution in [-0.2, 0) is 0 Å². The van der Waals surface area contributed by atoms with Crippen LogP contribution in [0, 0.1) is 17.9 Å². The van der Waals surface area contributed by atoms with Crippen LogP contribution in [0.4, 0.5) is 5.69 Å². The van der Waals surface area contributed by atoms with E-state index < -0.39 is 0 Å². The van der Waals surface area contributed by atoms with Crippen LogP contribution in [0.1, 0.15) is 5.56 Å². The lowest BCUT2D eigenvalue weighted by atomic mass is 9.91. The van der Waals surface area contributed by atoms with Crippen LogP contribution < -0.4 is 0 Å². The molecular formula is C44H26N4. The molecule has 0 saturated heterocycles. The minimum absolute atomic E-state index is 0.345. The summed E-state index contributed by atoms with van der Waals surface area (Å²) in [5.74, 6) is 0. The van der Waals surface area contributed by atoms with E-state index in [4.69, 9.17) is 6.57 Å². The minimum atomic E-state index is 0.345. The highest BCUT2D eigenvalue weighted by Gasteiger charge is 2.23. The molecule has 0 N–H and O–H groups in total. The molecule has 222 valence electrons. The average molecular weight is 611 g/mol. The van der Waals surface area contributed by atoms with Crippen LogP contribution in [0.5, 0.6) is 0 Å². The van der Waals surface area contributed by atoms with Crippen molar-refractivity contribution in [3.05, 3.63) is 175 Å². The predicted molar refractivity (Wildman–Crippen MR) is 197 cm³/mol. The first kappa shape index (κ1) is 27.4. The summed E-state index contributed by atoms with van der Waals surface area (Å²) >= 11 is 0. The summed E-state index contributed by atoms with van der Waals surface area (Å²) in [5, 5.41) is 14.7. The molecule has 0 aliphatic rings. The molecule has 0 aliphatic carbocycles. The summed E-state index contributed by atoms with van der Waals surface area (Å²) in [7, 11) is 0. The van der Waals surface area contributed by atoms with Crippen molar-refractivity contribution in [3.63, 3.8) is 0 Å². The summed E-state index contributed by atoms with van der Waals surface area (Å²) < 4.78 is 4.49. The van der Waals surface area contributed by atoms with E-state index >= 15 is 0 Å². The van der Waals surface area contributed by atoms with E-state index in [0.717, 1.165) is 66.5 Å². The van der Waals surface area contributed by atoms with Gasteiger partial charge in [0.25, 0.3) is 0 Å². The molecule has 0 aliphatic heterocycles. The van der Waals surface area contributed by atoms with Crippen molar-refractivity contribution in [2.45, 2.75) is 0 Å². The molecule has 4 nitrogen and oxygen atoms in total. The van der Waals surface area contributed by atoms with Crippen molar-refractivity contribution in [3.8, 4) is 39.7 Å². The van der Waals surface area contributed by atoms with Crippen LogP contribution in [0.15, 0.2) is 158 Å². The maximum atomic E-state index is 10.2. The number of benzene rings is 7. The zero-order chi connectivity index (χ0) is 32.2. The molecule has 9 rings (SSSR count). The Morgan fingerprint density at radius 2 is 1.02 bits per heavy atom. The van der Waals surface area contributed by atoms with E-state index in [2.05, 4.69) is 129 Å². The molecule has 0 radical (unpaired) electrons. The lowest BCUT2D eigenvalue weighted by Gasteiger charge is -2.19. The smallest absolute Gasteiger partial charge is 0.228 e. The predicted octanol–water partition coefficient (Wildman–Crippen LogP) is 11.6. The molecular weight excluding hydrogens is 585 g/mol. The van der Waals surface area contributed by atoms with Crippen molar-refractivity contribution in [1.82, 2.24) is 9.13 Å². The minimum Gasteiger partial charge on any atom is -0.318 e. The number of rotatable bonds is 4. The van der Waals surface area contributed by atoms with Crippen LogP contribution in [0.2, 0.25) is 0 Å². The Hall–Kier alpha value is -6.88. The van der Waals surface area contributed by atoms with Crippen molar-refractivity contribution < 1.29 is 0 Å². The number of aromatic nitrogens is 2. The highest BCUT2D eigenvalue weighted by molar-refractivity contribution is 6.12. The first-order valence-corrected chi connectivity index (χ1v) is 15.9. The molecule has 2 heterocycles. The second-order valence-electron chi connectivity index (χ2n) is 11.9. The first-order chi connectivity index (χ1) is 23.8. The number of para-hydroxylation sites is 4. The molecule has 0 saturated carbocycles. The second kappa shape index (κ2) is 10.9. The van der Waals surface area contributed by atoms with Crippen molar-refractivity contribution in [2.24, 2.45) is 0 Å². The molecule has 9 aromatic rings. The summed E-state index contributed by atoms with van der Waals surface area (Å²) in [4.78, 5) is 4.01. The summed E-state index contributed by atoms with van der Waals surface area (Å²) in [6.45, 7) is 8.32. The van der Waals surface area contributed by atoms with E-state index in [1.807, 2.05) is 42.5 Å². The topological polar surface area (TPSA) is 38.0 Å². The van der Waals surface area contributed by atoms with Gasteiger partial charge in [-0.3, -0.25) is 0 Å². The van der Waals surface area contributed by atoms with Crippen LogP contribution in [0.3, 0.4) is 0 Å². The van der Waals surface area contributed by atoms with E-state index in [1.165, 1.54) is 10.8 Å². The summed E-state index contributed by atoms with van der Waals surface area (Å²) in [6, 6.07) is 56.8. The Morgan fingerprint density at radius 3 is 1.67 bits per heavy atom. The van der Waals surface area contributed by atoms with Crippen LogP contribution >= 0.6 is 0 Å². The van der Waals surface area contributed by atoms with Crippen LogP contribution in [-0.4, -0.2) is 9.13 Å². The second-order valence-corrected chi connectivity index (χ2v) is 11.9. The average Bonchev–Trinajstić information content (AvgIpc) is 3.67. The molecule has 0 atom stereocenters. The third-order valence-corrected chi connectivity index (χ3v) is 9.40. The number of hydrogen-bond acceptors (Lipinski definition) is 1. The van der Waals surface area contributed by atoms with Gasteiger partial charge in [0.1, 0.15) is 0 Å². The highest BCUT2D eigenvalue weighted by atomic mass is 15.0. The molecule has 0 bridgehead atoms. The molecule has 0 amide bonds. The first-order valence-electron chi connectivity index (χ1n) is 15.9. The molecule has 4 heteroatoms. The van der Waals surface area contributed by atoms with E-state index in [-0.39, 0.29) is 0 Å². The van der Waals surface area contributed by atoms with Gasteiger partial charge < -0.3 is 9.13 Å². The van der Waals surface area contributed by atoms with E-state index in [0.29, 0.717) is 11.3 Å². The van der Waals surface area contributed by atoms with Crippen molar-refractivity contribution >= 4 is 49.3 Å². The highest BCUT2D eigenvalue weighted by Crippen LogP contribution is 2.45. The van der Waals surface area contributed by atoms with E-state index in [9.17, 15) is 5.26 Å². The third-order valence-electron chi connectivity index (χ3n) is 9.40. The summed E-state index contributed by atoms with van der Waals surface area (Å²) in [6.07, 6.45) is 0. The fraction of sp³-hybridized carbons (Fsp3) is 0. The van der Waals surface area contributed by atoms with Gasteiger partial charge in [0, 0.05) is 27.2 Å². The monoisotopic (exact) mass is 610 g/mol. The van der Waals surface area contributed by atoms with Gasteiger partial charge in [0.2, 0.25) is 5.69 Å². The quantitative estimate of drug-likeness (QED) is 0.183. The zero-order valence-corrected chi connectivity index (χ0v) is 25.8. The van der Waals surface area contributed by atoms with Gasteiger partial charge >= 0.3 is 0 Å². The summed E-state index contributed by atoms with van der Waals surface area (Å²) in [5.41, 5.74) is 10.9. The Kier molecular flexibility index (Phi) is 6.22. The largest absolute Gasteiger partial charge is 0.318 e. The number of nitrogens with zero attached hydrogens (tertiary/aromatic N) is 4. The number of fused-ring (bicyclic) bond motifs is 6. The van der Waals surface area contributed by atoms with Crippen molar-refractivity contribution in [1.29, 1.82) is 5.26 Å². The van der Waals surface area contributed by atoms with Gasteiger partial charge in [-0.2, -0.15) is 5.26 Å². The molecule has 0 spiro atoms. The standard InChI is InChI=1S/C44H26N4/c1-46-43-30(28-45)23-25-37(44(43)48-40-21-11-7-17-34(40)35-18-8-12-22-41(35)48)33-16-6-5-15-32(33)29-24-26-42-38(27-29)36-19-9-10-20-39(36)47(42)31-13-3-2-4-14-31/h2-27H. The third kappa shape index (κ3) is 4.01. The normalized spacial score (nSPS) is 11.3. The van der Waals surface area contributed by atoms with Gasteiger partial charge in [-0.05, 0) is 64.7 Å². The number of nitriles is 1. The Balaban J connectivity index is 1.34. The molecule has 0 unspecified atom stereocenters. The lowest BCUT2D eigenvalue weighted by Crippen LogP contribution is -2.00. The van der Waals surface area contributed by atoms with Gasteiger partial charge in [-0.1, -0.05) is 115 Å². The Bertz CT molecular complexity index is 2750. The number of hydrogen-bond donors (Lipinski definition) is 0. The maximum absolute atomic E-state index is 10.2. The Morgan fingerprint density at radius 1 is 0.479 bits per heavy atom. The van der Waals surface area contributed by atoms with Crippen molar-refractivity contribution in [2.75, 3.05) is 0 Å². The fourth-order valence-corrected chi connectivity index (χ4v) is 7.36. The van der Waals surface area contributed by atoms with E-state index in [1.54, 1.807) is 6.07 Å². The SMILES string of the molecule is [C-]#[N+]c1c(C#N)ccc(-c2ccccc2-c2ccc3c(c2)c2ccccc2n3-c2ccccc2)c1-n1c2ccccc2c2ccccc21. The maximum Gasteiger partial charge on any atom is 0.228 e. The van der Waals surface area contributed by atoms with Gasteiger partial charge in [-0.15, -0.1) is 0 Å². The zero-order valence-electron chi connectivity index (χ0n) is 25.8. The molecule has 0 fully saturated rings. The Labute approximate surface area is 277 Å².